The van der Waals surface area contributed by atoms with E-state index in [0.717, 1.165) is 18.9 Å². The molecule has 0 saturated carbocycles. The van der Waals surface area contributed by atoms with Gasteiger partial charge in [0.2, 0.25) is 0 Å². The summed E-state index contributed by atoms with van der Waals surface area (Å²) in [5, 5.41) is 3.47. The van der Waals surface area contributed by atoms with E-state index >= 15 is 0 Å². The van der Waals surface area contributed by atoms with Gasteiger partial charge in [-0.25, -0.2) is 0 Å². The maximum atomic E-state index is 6.04. The van der Waals surface area contributed by atoms with E-state index in [1.807, 2.05) is 0 Å². The van der Waals surface area contributed by atoms with Crippen LogP contribution < -0.4 is 10.1 Å². The molecule has 3 rings (SSSR count). The molecule has 3 heteroatoms. The zero-order valence-electron chi connectivity index (χ0n) is 12.5. The molecule has 0 aromatic heterocycles. The predicted molar refractivity (Wildman–Crippen MR) is 83.6 cm³/mol. The van der Waals surface area contributed by atoms with Gasteiger partial charge in [-0.05, 0) is 50.4 Å². The summed E-state index contributed by atoms with van der Waals surface area (Å²) in [4.78, 5) is 2.53. The topological polar surface area (TPSA) is 24.5 Å². The van der Waals surface area contributed by atoms with Crippen LogP contribution in [0.1, 0.15) is 31.7 Å². The minimum Gasteiger partial charge on any atom is -0.493 e. The highest BCUT2D eigenvalue weighted by atomic mass is 16.5. The van der Waals surface area contributed by atoms with Crippen molar-refractivity contribution in [3.63, 3.8) is 0 Å². The van der Waals surface area contributed by atoms with Gasteiger partial charge in [0.15, 0.2) is 0 Å². The molecule has 110 valence electrons. The standard InChI is InChI=1S/C17H26N2O/c1-2-19-10-4-5-14(12-19)13-20-16-8-7-15-6-3-9-18-17(15)11-16/h7-8,11,14,18H,2-6,9-10,12-13H2,1H3. The van der Waals surface area contributed by atoms with Crippen molar-refractivity contribution in [1.29, 1.82) is 0 Å². The van der Waals surface area contributed by atoms with Crippen molar-refractivity contribution in [3.8, 4) is 5.75 Å². The van der Waals surface area contributed by atoms with E-state index < -0.39 is 0 Å². The Labute approximate surface area is 122 Å². The number of hydrogen-bond donors (Lipinski definition) is 1. The number of aryl methyl sites for hydroxylation is 1. The molecule has 1 saturated heterocycles. The summed E-state index contributed by atoms with van der Waals surface area (Å²) in [7, 11) is 0. The van der Waals surface area contributed by atoms with Gasteiger partial charge in [-0.1, -0.05) is 13.0 Å². The van der Waals surface area contributed by atoms with Gasteiger partial charge in [0.1, 0.15) is 5.75 Å². The van der Waals surface area contributed by atoms with Crippen LogP contribution >= 0.6 is 0 Å². The molecule has 0 spiro atoms. The van der Waals surface area contributed by atoms with Gasteiger partial charge < -0.3 is 15.0 Å². The number of piperidine rings is 1. The molecule has 3 nitrogen and oxygen atoms in total. The highest BCUT2D eigenvalue weighted by Gasteiger charge is 2.19. The van der Waals surface area contributed by atoms with Crippen molar-refractivity contribution >= 4 is 5.69 Å². The molecule has 1 N–H and O–H groups in total. The second kappa shape index (κ2) is 6.49. The number of nitrogens with zero attached hydrogens (tertiary/aromatic N) is 1. The lowest BCUT2D eigenvalue weighted by Gasteiger charge is -2.31. The summed E-state index contributed by atoms with van der Waals surface area (Å²) in [5.41, 5.74) is 2.70. The van der Waals surface area contributed by atoms with Gasteiger partial charge in [0, 0.05) is 30.8 Å². The second-order valence-corrected chi connectivity index (χ2v) is 6.06. The van der Waals surface area contributed by atoms with Crippen molar-refractivity contribution in [2.24, 2.45) is 5.92 Å². The van der Waals surface area contributed by atoms with E-state index in [1.165, 1.54) is 56.6 Å². The van der Waals surface area contributed by atoms with Crippen LogP contribution in [0.3, 0.4) is 0 Å². The van der Waals surface area contributed by atoms with Crippen LogP contribution in [0.2, 0.25) is 0 Å². The Morgan fingerprint density at radius 1 is 1.35 bits per heavy atom. The first-order valence-corrected chi connectivity index (χ1v) is 8.07. The fourth-order valence-corrected chi connectivity index (χ4v) is 3.32. The minimum absolute atomic E-state index is 0.688. The molecule has 0 radical (unpaired) electrons. The highest BCUT2D eigenvalue weighted by Crippen LogP contribution is 2.27. The predicted octanol–water partition coefficient (Wildman–Crippen LogP) is 3.16. The molecular formula is C17H26N2O. The maximum Gasteiger partial charge on any atom is 0.121 e. The molecule has 20 heavy (non-hydrogen) atoms. The van der Waals surface area contributed by atoms with E-state index in [-0.39, 0.29) is 0 Å². The Kier molecular flexibility index (Phi) is 4.46. The van der Waals surface area contributed by atoms with Crippen molar-refractivity contribution in [1.82, 2.24) is 4.90 Å². The number of likely N-dealkylation sites (tertiary alicyclic amines) is 1. The SMILES string of the molecule is CCN1CCCC(COc2ccc3c(c2)NCCC3)C1. The third-order valence-corrected chi connectivity index (χ3v) is 4.56. The van der Waals surface area contributed by atoms with Crippen molar-refractivity contribution in [2.75, 3.05) is 38.1 Å². The van der Waals surface area contributed by atoms with E-state index in [9.17, 15) is 0 Å². The fourth-order valence-electron chi connectivity index (χ4n) is 3.32. The van der Waals surface area contributed by atoms with Crippen molar-refractivity contribution < 1.29 is 4.74 Å². The lowest BCUT2D eigenvalue weighted by atomic mass is 9.99. The van der Waals surface area contributed by atoms with Crippen LogP contribution in [0.5, 0.6) is 5.75 Å². The summed E-state index contributed by atoms with van der Waals surface area (Å²) in [6.07, 6.45) is 5.05. The second-order valence-electron chi connectivity index (χ2n) is 6.06. The first kappa shape index (κ1) is 13.7. The Morgan fingerprint density at radius 2 is 2.30 bits per heavy atom. The molecule has 1 aromatic rings. The van der Waals surface area contributed by atoms with Crippen molar-refractivity contribution in [2.45, 2.75) is 32.6 Å². The molecular weight excluding hydrogens is 248 g/mol. The molecule has 2 aliphatic rings. The van der Waals surface area contributed by atoms with Gasteiger partial charge in [-0.3, -0.25) is 0 Å². The molecule has 1 aromatic carbocycles. The number of nitrogens with one attached hydrogen (secondary N) is 1. The number of rotatable bonds is 4. The van der Waals surface area contributed by atoms with Crippen LogP contribution in [-0.4, -0.2) is 37.7 Å². The van der Waals surface area contributed by atoms with E-state index in [0.29, 0.717) is 5.92 Å². The van der Waals surface area contributed by atoms with Crippen LogP contribution in [0, 0.1) is 5.92 Å². The Hall–Kier alpha value is -1.22. The van der Waals surface area contributed by atoms with E-state index in [4.69, 9.17) is 4.74 Å². The lowest BCUT2D eigenvalue weighted by Crippen LogP contribution is -2.37. The molecule has 1 unspecified atom stereocenters. The van der Waals surface area contributed by atoms with Crippen LogP contribution in [0.4, 0.5) is 5.69 Å². The Balaban J connectivity index is 1.55. The van der Waals surface area contributed by atoms with Gasteiger partial charge in [-0.2, -0.15) is 0 Å². The van der Waals surface area contributed by atoms with Crippen LogP contribution in [0.25, 0.3) is 0 Å². The van der Waals surface area contributed by atoms with Crippen LogP contribution in [-0.2, 0) is 6.42 Å². The Morgan fingerprint density at radius 3 is 3.20 bits per heavy atom. The third-order valence-electron chi connectivity index (χ3n) is 4.56. The molecule has 0 aliphatic carbocycles. The number of benzene rings is 1. The molecule has 1 fully saturated rings. The summed E-state index contributed by atoms with van der Waals surface area (Å²) < 4.78 is 6.04. The maximum absolute atomic E-state index is 6.04. The molecule has 2 aliphatic heterocycles. The monoisotopic (exact) mass is 274 g/mol. The zero-order chi connectivity index (χ0) is 13.8. The number of hydrogen-bond acceptors (Lipinski definition) is 3. The van der Waals surface area contributed by atoms with E-state index in [1.54, 1.807) is 0 Å². The number of fused-ring (bicyclic) bond motifs is 1. The van der Waals surface area contributed by atoms with Crippen LogP contribution in [0.15, 0.2) is 18.2 Å². The minimum atomic E-state index is 0.688. The van der Waals surface area contributed by atoms with Gasteiger partial charge >= 0.3 is 0 Å². The normalized spacial score (nSPS) is 22.9. The van der Waals surface area contributed by atoms with Gasteiger partial charge in [0.25, 0.3) is 0 Å². The summed E-state index contributed by atoms with van der Waals surface area (Å²) in [6.45, 7) is 7.81. The first-order chi connectivity index (χ1) is 9.85. The summed E-state index contributed by atoms with van der Waals surface area (Å²) in [6, 6.07) is 6.53. The van der Waals surface area contributed by atoms with Crippen molar-refractivity contribution in [3.05, 3.63) is 23.8 Å². The summed E-state index contributed by atoms with van der Waals surface area (Å²) in [5.74, 6) is 1.71. The summed E-state index contributed by atoms with van der Waals surface area (Å²) >= 11 is 0. The number of anilines is 1. The first-order valence-electron chi connectivity index (χ1n) is 8.07. The third kappa shape index (κ3) is 3.26. The van der Waals surface area contributed by atoms with Gasteiger partial charge in [-0.15, -0.1) is 0 Å². The smallest absolute Gasteiger partial charge is 0.121 e. The average molecular weight is 274 g/mol. The quantitative estimate of drug-likeness (QED) is 0.913. The highest BCUT2D eigenvalue weighted by molar-refractivity contribution is 5.56. The van der Waals surface area contributed by atoms with E-state index in [2.05, 4.69) is 35.3 Å². The zero-order valence-corrected chi connectivity index (χ0v) is 12.5. The molecule has 0 bridgehead atoms. The number of ether oxygens (including phenoxy) is 1. The van der Waals surface area contributed by atoms with Gasteiger partial charge in [0.05, 0.1) is 6.61 Å². The largest absolute Gasteiger partial charge is 0.493 e. The average Bonchev–Trinajstić information content (AvgIpc) is 2.53. The Bertz CT molecular complexity index is 447. The molecule has 2 heterocycles. The lowest BCUT2D eigenvalue weighted by molar-refractivity contribution is 0.135. The fraction of sp³-hybridized carbons (Fsp3) is 0.647. The molecule has 1 atom stereocenters. The molecule has 0 amide bonds.